The molecule has 0 aliphatic heterocycles. The quantitative estimate of drug-likeness (QED) is 0.354. The van der Waals surface area contributed by atoms with Crippen LogP contribution in [0, 0.1) is 0 Å². The van der Waals surface area contributed by atoms with Gasteiger partial charge in [0, 0.05) is 0 Å². The maximum atomic E-state index is 8.70. The number of rotatable bonds is 3. The summed E-state index contributed by atoms with van der Waals surface area (Å²) in [6.45, 7) is 5.49. The summed E-state index contributed by atoms with van der Waals surface area (Å²) >= 11 is 5.33. The van der Waals surface area contributed by atoms with Gasteiger partial charge < -0.3 is 5.11 Å². The molecule has 2 nitrogen and oxygen atoms in total. The Labute approximate surface area is 55.1 Å². The number of hydrogen-bond donors (Lipinski definition) is 1. The monoisotopic (exact) mass is 137 g/mol. The second kappa shape index (κ2) is 4.13. The predicted octanol–water partition coefficient (Wildman–Crippen LogP) is 0.843. The van der Waals surface area contributed by atoms with E-state index in [4.69, 9.17) is 16.7 Å². The van der Waals surface area contributed by atoms with Crippen molar-refractivity contribution in [1.82, 2.24) is 4.90 Å². The molecule has 0 rings (SSSR count). The third-order valence-corrected chi connectivity index (χ3v) is 1.39. The lowest BCUT2D eigenvalue weighted by atomic mass is 10.6. The van der Waals surface area contributed by atoms with E-state index in [1.807, 2.05) is 13.8 Å². The molecule has 1 N–H and O–H groups in total. The molecule has 0 aliphatic carbocycles. The van der Waals surface area contributed by atoms with Gasteiger partial charge in [-0.3, -0.25) is 4.90 Å². The molecular formula is C5H12ClNO. The molecule has 0 aromatic rings. The summed E-state index contributed by atoms with van der Waals surface area (Å²) in [6.07, 6.45) is 0. The minimum absolute atomic E-state index is 0.793. The van der Waals surface area contributed by atoms with Gasteiger partial charge in [0.1, 0.15) is 0 Å². The van der Waals surface area contributed by atoms with Crippen LogP contribution in [0.5, 0.6) is 0 Å². The summed E-state index contributed by atoms with van der Waals surface area (Å²) < 4.78 is 0. The summed E-state index contributed by atoms with van der Waals surface area (Å²) in [4.78, 5) is 1.74. The number of hydrogen-bond acceptors (Lipinski definition) is 2. The molecule has 0 aliphatic rings. The summed E-state index contributed by atoms with van der Waals surface area (Å²) in [5.74, 6) is 0. The van der Waals surface area contributed by atoms with Crippen LogP contribution in [-0.4, -0.2) is 28.8 Å². The third kappa shape index (κ3) is 2.50. The predicted molar refractivity (Wildman–Crippen MR) is 34.8 cm³/mol. The number of aliphatic hydroxyl groups is 1. The average molecular weight is 138 g/mol. The van der Waals surface area contributed by atoms with Crippen molar-refractivity contribution in [1.29, 1.82) is 0 Å². The topological polar surface area (TPSA) is 23.5 Å². The summed E-state index contributed by atoms with van der Waals surface area (Å²) in [5, 5.41) is 8.70. The Balaban J connectivity index is 3.35. The van der Waals surface area contributed by atoms with Gasteiger partial charge in [0.15, 0.2) is 5.69 Å². The van der Waals surface area contributed by atoms with Crippen molar-refractivity contribution in [2.45, 2.75) is 19.5 Å². The van der Waals surface area contributed by atoms with E-state index in [0.717, 1.165) is 13.1 Å². The highest BCUT2D eigenvalue weighted by Crippen LogP contribution is 1.97. The molecule has 1 unspecified atom stereocenters. The zero-order valence-electron chi connectivity index (χ0n) is 5.26. The van der Waals surface area contributed by atoms with E-state index in [1.165, 1.54) is 0 Å². The lowest BCUT2D eigenvalue weighted by molar-refractivity contribution is 0.0787. The second-order valence-corrected chi connectivity index (χ2v) is 1.92. The molecular weight excluding hydrogens is 126 g/mol. The zero-order chi connectivity index (χ0) is 6.57. The standard InChI is InChI=1S/C5H12ClNO/c1-3-7(4-2)5(6)8/h5,8H,3-4H2,1-2H3. The van der Waals surface area contributed by atoms with Gasteiger partial charge >= 0.3 is 0 Å². The zero-order valence-corrected chi connectivity index (χ0v) is 6.02. The fraction of sp³-hybridized carbons (Fsp3) is 1.00. The molecule has 1 atom stereocenters. The van der Waals surface area contributed by atoms with Crippen LogP contribution in [0.4, 0.5) is 0 Å². The fourth-order valence-corrected chi connectivity index (χ4v) is 0.801. The van der Waals surface area contributed by atoms with Gasteiger partial charge in [-0.2, -0.15) is 0 Å². The lowest BCUT2D eigenvalue weighted by Crippen LogP contribution is -2.30. The first-order chi connectivity index (χ1) is 3.72. The number of alkyl halides is 1. The van der Waals surface area contributed by atoms with Crippen molar-refractivity contribution in [2.75, 3.05) is 13.1 Å². The van der Waals surface area contributed by atoms with E-state index in [1.54, 1.807) is 4.90 Å². The molecule has 0 saturated carbocycles. The highest BCUT2D eigenvalue weighted by atomic mass is 35.5. The van der Waals surface area contributed by atoms with Gasteiger partial charge in [0.2, 0.25) is 0 Å². The molecule has 0 heterocycles. The van der Waals surface area contributed by atoms with Crippen LogP contribution in [0.1, 0.15) is 13.8 Å². The Hall–Kier alpha value is 0.210. The first-order valence-electron chi connectivity index (χ1n) is 2.78. The van der Waals surface area contributed by atoms with Crippen LogP contribution < -0.4 is 0 Å². The van der Waals surface area contributed by atoms with Crippen molar-refractivity contribution in [2.24, 2.45) is 0 Å². The number of nitrogens with zero attached hydrogens (tertiary/aromatic N) is 1. The van der Waals surface area contributed by atoms with E-state index in [9.17, 15) is 0 Å². The van der Waals surface area contributed by atoms with Gasteiger partial charge in [0.25, 0.3) is 0 Å². The van der Waals surface area contributed by atoms with E-state index in [0.29, 0.717) is 0 Å². The molecule has 0 aromatic heterocycles. The summed E-state index contributed by atoms with van der Waals surface area (Å²) in [5.41, 5.74) is -0.815. The molecule has 0 saturated heterocycles. The van der Waals surface area contributed by atoms with E-state index in [-0.39, 0.29) is 0 Å². The smallest absolute Gasteiger partial charge is 0.185 e. The van der Waals surface area contributed by atoms with Gasteiger partial charge in [-0.15, -0.1) is 0 Å². The minimum atomic E-state index is -0.815. The van der Waals surface area contributed by atoms with Crippen LogP contribution >= 0.6 is 11.6 Å². The lowest BCUT2D eigenvalue weighted by Gasteiger charge is -2.18. The largest absolute Gasteiger partial charge is 0.365 e. The van der Waals surface area contributed by atoms with Crippen LogP contribution in [0.25, 0.3) is 0 Å². The molecule has 50 valence electrons. The average Bonchev–Trinajstić information content (AvgIpc) is 1.69. The van der Waals surface area contributed by atoms with Crippen molar-refractivity contribution in [3.8, 4) is 0 Å². The van der Waals surface area contributed by atoms with E-state index in [2.05, 4.69) is 0 Å². The first kappa shape index (κ1) is 8.21. The molecule has 8 heavy (non-hydrogen) atoms. The second-order valence-electron chi connectivity index (χ2n) is 1.53. The van der Waals surface area contributed by atoms with Gasteiger partial charge in [-0.1, -0.05) is 25.4 Å². The van der Waals surface area contributed by atoms with Crippen molar-refractivity contribution in [3.05, 3.63) is 0 Å². The SMILES string of the molecule is CCN(CC)C(O)Cl. The van der Waals surface area contributed by atoms with Crippen LogP contribution in [-0.2, 0) is 0 Å². The molecule has 0 fully saturated rings. The van der Waals surface area contributed by atoms with Gasteiger partial charge in [-0.05, 0) is 13.1 Å². The van der Waals surface area contributed by atoms with Gasteiger partial charge in [-0.25, -0.2) is 0 Å². The Morgan fingerprint density at radius 3 is 1.88 bits per heavy atom. The highest BCUT2D eigenvalue weighted by molar-refractivity contribution is 6.19. The van der Waals surface area contributed by atoms with Gasteiger partial charge in [0.05, 0.1) is 0 Å². The molecule has 0 aromatic carbocycles. The maximum Gasteiger partial charge on any atom is 0.185 e. The Morgan fingerprint density at radius 1 is 1.50 bits per heavy atom. The molecule has 0 radical (unpaired) electrons. The van der Waals surface area contributed by atoms with Crippen molar-refractivity contribution in [3.63, 3.8) is 0 Å². The maximum absolute atomic E-state index is 8.70. The Kier molecular flexibility index (Phi) is 4.23. The Bertz CT molecular complexity index is 54.4. The normalized spacial score (nSPS) is 14.6. The van der Waals surface area contributed by atoms with E-state index >= 15 is 0 Å². The van der Waals surface area contributed by atoms with Crippen LogP contribution in [0.15, 0.2) is 0 Å². The fourth-order valence-electron chi connectivity index (χ4n) is 0.525. The Morgan fingerprint density at radius 2 is 1.88 bits per heavy atom. The highest BCUT2D eigenvalue weighted by Gasteiger charge is 2.05. The third-order valence-electron chi connectivity index (χ3n) is 1.11. The molecule has 3 heteroatoms. The molecule has 0 bridgehead atoms. The number of aliphatic hydroxyl groups excluding tert-OH is 1. The van der Waals surface area contributed by atoms with Crippen molar-refractivity contribution >= 4 is 11.6 Å². The molecule has 0 spiro atoms. The van der Waals surface area contributed by atoms with Crippen LogP contribution in [0.3, 0.4) is 0 Å². The van der Waals surface area contributed by atoms with Crippen molar-refractivity contribution < 1.29 is 5.11 Å². The van der Waals surface area contributed by atoms with Crippen LogP contribution in [0.2, 0.25) is 0 Å². The minimum Gasteiger partial charge on any atom is -0.365 e. The first-order valence-corrected chi connectivity index (χ1v) is 3.22. The van der Waals surface area contributed by atoms with E-state index < -0.39 is 5.69 Å². The summed E-state index contributed by atoms with van der Waals surface area (Å²) in [6, 6.07) is 0. The number of halogens is 1. The summed E-state index contributed by atoms with van der Waals surface area (Å²) in [7, 11) is 0. The molecule has 0 amide bonds.